The van der Waals surface area contributed by atoms with Gasteiger partial charge in [-0.2, -0.15) is 0 Å². The van der Waals surface area contributed by atoms with Crippen LogP contribution >= 0.6 is 0 Å². The fourth-order valence-corrected chi connectivity index (χ4v) is 0.803. The van der Waals surface area contributed by atoms with Crippen LogP contribution in [0.2, 0.25) is 0 Å². The maximum absolute atomic E-state index is 11.3. The van der Waals surface area contributed by atoms with Crippen molar-refractivity contribution in [2.75, 3.05) is 13.2 Å². The Morgan fingerprint density at radius 2 is 2.07 bits per heavy atom. The number of rotatable bonds is 6. The van der Waals surface area contributed by atoms with E-state index in [-0.39, 0.29) is 25.1 Å². The molecule has 0 fully saturated rings. The lowest BCUT2D eigenvalue weighted by atomic mass is 10.1. The Bertz CT molecular complexity index is 181. The van der Waals surface area contributed by atoms with Gasteiger partial charge in [0, 0.05) is 11.6 Å². The zero-order valence-corrected chi connectivity index (χ0v) is 9.55. The van der Waals surface area contributed by atoms with Crippen LogP contribution in [0, 0.1) is 0 Å². The lowest BCUT2D eigenvalue weighted by Crippen LogP contribution is -2.48. The predicted octanol–water partition coefficient (Wildman–Crippen LogP) is 0.262. The van der Waals surface area contributed by atoms with Crippen LogP contribution in [0.15, 0.2) is 0 Å². The number of hydrogen-bond donors (Lipinski definition) is 3. The van der Waals surface area contributed by atoms with Gasteiger partial charge < -0.3 is 15.7 Å². The normalized spacial score (nSPS) is 13.8. The second kappa shape index (κ2) is 5.98. The van der Waals surface area contributed by atoms with Gasteiger partial charge in [-0.05, 0) is 27.2 Å². The van der Waals surface area contributed by atoms with Crippen LogP contribution in [-0.4, -0.2) is 35.7 Å². The van der Waals surface area contributed by atoms with E-state index in [1.165, 1.54) is 0 Å². The molecular formula is C10H22N2O2. The highest BCUT2D eigenvalue weighted by molar-refractivity contribution is 5.78. The van der Waals surface area contributed by atoms with Crippen molar-refractivity contribution in [1.82, 2.24) is 10.6 Å². The van der Waals surface area contributed by atoms with Gasteiger partial charge in [-0.15, -0.1) is 0 Å². The molecule has 1 unspecified atom stereocenters. The number of carbonyl (C=O) groups excluding carboxylic acids is 1. The lowest BCUT2D eigenvalue weighted by Gasteiger charge is -2.23. The number of aliphatic hydroxyl groups is 1. The Kier molecular flexibility index (Phi) is 5.72. The summed E-state index contributed by atoms with van der Waals surface area (Å²) in [7, 11) is 0. The average molecular weight is 202 g/mol. The topological polar surface area (TPSA) is 61.4 Å². The summed E-state index contributed by atoms with van der Waals surface area (Å²) in [6.07, 6.45) is 0.926. The van der Waals surface area contributed by atoms with E-state index in [9.17, 15) is 4.79 Å². The van der Waals surface area contributed by atoms with Crippen molar-refractivity contribution >= 4 is 5.91 Å². The van der Waals surface area contributed by atoms with E-state index in [4.69, 9.17) is 5.11 Å². The van der Waals surface area contributed by atoms with Crippen LogP contribution in [0.1, 0.15) is 34.1 Å². The Balaban J connectivity index is 3.74. The van der Waals surface area contributed by atoms with Gasteiger partial charge in [-0.1, -0.05) is 6.92 Å². The summed E-state index contributed by atoms with van der Waals surface area (Å²) >= 11 is 0. The SMILES string of the molecule is CCC(C)NC(=O)CNC(C)(C)CO. The third kappa shape index (κ3) is 5.94. The molecule has 0 heterocycles. The molecule has 0 rings (SSSR count). The first-order valence-corrected chi connectivity index (χ1v) is 5.06. The first kappa shape index (κ1) is 13.4. The molecule has 0 bridgehead atoms. The van der Waals surface area contributed by atoms with E-state index in [0.717, 1.165) is 6.42 Å². The molecule has 1 atom stereocenters. The monoisotopic (exact) mass is 202 g/mol. The van der Waals surface area contributed by atoms with Crippen LogP contribution in [0.5, 0.6) is 0 Å². The van der Waals surface area contributed by atoms with Crippen molar-refractivity contribution in [3.63, 3.8) is 0 Å². The van der Waals surface area contributed by atoms with E-state index < -0.39 is 5.54 Å². The first-order valence-electron chi connectivity index (χ1n) is 5.06. The summed E-state index contributed by atoms with van der Waals surface area (Å²) in [6.45, 7) is 7.96. The van der Waals surface area contributed by atoms with Gasteiger partial charge in [-0.3, -0.25) is 4.79 Å². The highest BCUT2D eigenvalue weighted by atomic mass is 16.3. The molecule has 1 amide bonds. The molecular weight excluding hydrogens is 180 g/mol. The fourth-order valence-electron chi connectivity index (χ4n) is 0.803. The van der Waals surface area contributed by atoms with Crippen LogP contribution in [-0.2, 0) is 4.79 Å². The van der Waals surface area contributed by atoms with Crippen LogP contribution in [0.3, 0.4) is 0 Å². The number of aliphatic hydroxyl groups excluding tert-OH is 1. The number of amides is 1. The quantitative estimate of drug-likeness (QED) is 0.579. The fraction of sp³-hybridized carbons (Fsp3) is 0.900. The molecule has 0 radical (unpaired) electrons. The highest BCUT2D eigenvalue weighted by Crippen LogP contribution is 1.98. The zero-order chi connectivity index (χ0) is 11.2. The molecule has 0 aliphatic carbocycles. The Labute approximate surface area is 86.1 Å². The Morgan fingerprint density at radius 3 is 2.50 bits per heavy atom. The molecule has 0 aromatic heterocycles. The van der Waals surface area contributed by atoms with Crippen LogP contribution in [0.4, 0.5) is 0 Å². The van der Waals surface area contributed by atoms with Gasteiger partial charge in [0.2, 0.25) is 5.91 Å². The molecule has 14 heavy (non-hydrogen) atoms. The second-order valence-electron chi connectivity index (χ2n) is 4.27. The van der Waals surface area contributed by atoms with Gasteiger partial charge in [0.05, 0.1) is 13.2 Å². The molecule has 0 saturated carbocycles. The van der Waals surface area contributed by atoms with Gasteiger partial charge in [0.1, 0.15) is 0 Å². The van der Waals surface area contributed by atoms with Crippen LogP contribution < -0.4 is 10.6 Å². The first-order chi connectivity index (χ1) is 6.41. The van der Waals surface area contributed by atoms with Crippen molar-refractivity contribution in [2.45, 2.75) is 45.7 Å². The highest BCUT2D eigenvalue weighted by Gasteiger charge is 2.16. The minimum atomic E-state index is -0.396. The molecule has 3 N–H and O–H groups in total. The number of carbonyl (C=O) groups is 1. The number of nitrogens with one attached hydrogen (secondary N) is 2. The van der Waals surface area contributed by atoms with Crippen LogP contribution in [0.25, 0.3) is 0 Å². The molecule has 84 valence electrons. The Morgan fingerprint density at radius 1 is 1.50 bits per heavy atom. The third-order valence-electron chi connectivity index (χ3n) is 2.14. The van der Waals surface area contributed by atoms with Gasteiger partial charge >= 0.3 is 0 Å². The Hall–Kier alpha value is -0.610. The maximum atomic E-state index is 11.3. The summed E-state index contributed by atoms with van der Waals surface area (Å²) in [4.78, 5) is 11.3. The molecule has 0 saturated heterocycles. The van der Waals surface area contributed by atoms with E-state index >= 15 is 0 Å². The van der Waals surface area contributed by atoms with E-state index in [0.29, 0.717) is 0 Å². The second-order valence-corrected chi connectivity index (χ2v) is 4.27. The van der Waals surface area contributed by atoms with E-state index in [2.05, 4.69) is 10.6 Å². The van der Waals surface area contributed by atoms with Gasteiger partial charge in [0.15, 0.2) is 0 Å². The minimum Gasteiger partial charge on any atom is -0.394 e. The molecule has 0 spiro atoms. The lowest BCUT2D eigenvalue weighted by molar-refractivity contribution is -0.121. The van der Waals surface area contributed by atoms with Crippen molar-refractivity contribution in [3.8, 4) is 0 Å². The van der Waals surface area contributed by atoms with E-state index in [1.54, 1.807) is 0 Å². The smallest absolute Gasteiger partial charge is 0.234 e. The maximum Gasteiger partial charge on any atom is 0.234 e. The number of hydrogen-bond acceptors (Lipinski definition) is 3. The summed E-state index contributed by atoms with van der Waals surface area (Å²) in [5, 5.41) is 14.8. The summed E-state index contributed by atoms with van der Waals surface area (Å²) < 4.78 is 0. The molecule has 4 heteroatoms. The summed E-state index contributed by atoms with van der Waals surface area (Å²) in [6, 6.07) is 0.210. The van der Waals surface area contributed by atoms with Crippen molar-refractivity contribution < 1.29 is 9.90 Å². The van der Waals surface area contributed by atoms with Crippen molar-refractivity contribution in [3.05, 3.63) is 0 Å². The molecule has 4 nitrogen and oxygen atoms in total. The molecule has 0 aliphatic heterocycles. The third-order valence-corrected chi connectivity index (χ3v) is 2.14. The molecule has 0 aromatic rings. The van der Waals surface area contributed by atoms with Gasteiger partial charge in [-0.25, -0.2) is 0 Å². The average Bonchev–Trinajstić information content (AvgIpc) is 2.15. The van der Waals surface area contributed by atoms with Crippen molar-refractivity contribution in [1.29, 1.82) is 0 Å². The zero-order valence-electron chi connectivity index (χ0n) is 9.55. The minimum absolute atomic E-state index is 0.0175. The predicted molar refractivity (Wildman–Crippen MR) is 57.1 cm³/mol. The molecule has 0 aromatic carbocycles. The van der Waals surface area contributed by atoms with Crippen molar-refractivity contribution in [2.24, 2.45) is 0 Å². The summed E-state index contributed by atoms with van der Waals surface area (Å²) in [5.41, 5.74) is -0.396. The van der Waals surface area contributed by atoms with Gasteiger partial charge in [0.25, 0.3) is 0 Å². The summed E-state index contributed by atoms with van der Waals surface area (Å²) in [5.74, 6) is -0.0270. The van der Waals surface area contributed by atoms with E-state index in [1.807, 2.05) is 27.7 Å². The standard InChI is InChI=1S/C10H22N2O2/c1-5-8(2)12-9(14)6-11-10(3,4)7-13/h8,11,13H,5-7H2,1-4H3,(H,12,14). The molecule has 0 aliphatic rings. The largest absolute Gasteiger partial charge is 0.394 e.